The van der Waals surface area contributed by atoms with E-state index in [1.54, 1.807) is 23.1 Å². The predicted molar refractivity (Wildman–Crippen MR) is 113 cm³/mol. The maximum absolute atomic E-state index is 13.3. The minimum absolute atomic E-state index is 0.00141. The van der Waals surface area contributed by atoms with Gasteiger partial charge in [0, 0.05) is 30.7 Å². The maximum Gasteiger partial charge on any atom is 0.319 e. The molecule has 1 aromatic rings. The highest BCUT2D eigenvalue weighted by atomic mass is 16.5. The molecule has 29 heavy (non-hydrogen) atoms. The molecule has 1 aromatic carbocycles. The Bertz CT molecular complexity index is 723. The predicted octanol–water partition coefficient (Wildman–Crippen LogP) is 2.00. The van der Waals surface area contributed by atoms with Gasteiger partial charge in [0.25, 0.3) is 5.91 Å². The fraction of sp³-hybridized carbons (Fsp3) is 0.619. The first-order valence-corrected chi connectivity index (χ1v) is 10.1. The number of urea groups is 1. The molecule has 8 heteroatoms. The number of hydrogen-bond donors (Lipinski definition) is 3. The fourth-order valence-corrected chi connectivity index (χ4v) is 3.31. The lowest BCUT2D eigenvalue weighted by Crippen LogP contribution is -2.49. The molecule has 0 saturated heterocycles. The Morgan fingerprint density at radius 3 is 2.62 bits per heavy atom. The number of carbonyl (C=O) groups is 2. The van der Waals surface area contributed by atoms with E-state index in [-0.39, 0.29) is 42.7 Å². The third kappa shape index (κ3) is 6.08. The van der Waals surface area contributed by atoms with E-state index in [0.29, 0.717) is 30.1 Å². The summed E-state index contributed by atoms with van der Waals surface area (Å²) in [5.74, 6) is 0.348. The van der Waals surface area contributed by atoms with Crippen molar-refractivity contribution in [1.82, 2.24) is 15.1 Å². The van der Waals surface area contributed by atoms with E-state index in [1.165, 1.54) is 0 Å². The van der Waals surface area contributed by atoms with Crippen molar-refractivity contribution < 1.29 is 19.4 Å². The summed E-state index contributed by atoms with van der Waals surface area (Å²) < 4.78 is 6.24. The Hall–Kier alpha value is -2.32. The molecule has 0 unspecified atom stereocenters. The topological polar surface area (TPSA) is 94.1 Å². The molecule has 0 spiro atoms. The molecule has 0 aliphatic carbocycles. The van der Waals surface area contributed by atoms with Crippen LogP contribution in [-0.4, -0.2) is 78.8 Å². The summed E-state index contributed by atoms with van der Waals surface area (Å²) in [5.41, 5.74) is 0.886. The van der Waals surface area contributed by atoms with Crippen LogP contribution in [0.5, 0.6) is 5.75 Å². The molecule has 0 aromatic heterocycles. The summed E-state index contributed by atoms with van der Waals surface area (Å²) in [5, 5.41) is 15.2. The minimum Gasteiger partial charge on any atom is -0.488 e. The molecular formula is C21H34N4O4. The van der Waals surface area contributed by atoms with Crippen molar-refractivity contribution in [3.05, 3.63) is 23.8 Å². The van der Waals surface area contributed by atoms with Crippen LogP contribution in [0.4, 0.5) is 10.5 Å². The number of aliphatic hydroxyl groups is 1. The van der Waals surface area contributed by atoms with Crippen LogP contribution in [0, 0.1) is 5.92 Å². The number of anilines is 1. The van der Waals surface area contributed by atoms with E-state index in [1.807, 2.05) is 34.9 Å². The Balaban J connectivity index is 2.41. The van der Waals surface area contributed by atoms with Crippen LogP contribution in [-0.2, 0) is 0 Å². The number of rotatable bonds is 6. The molecule has 3 amide bonds. The van der Waals surface area contributed by atoms with Crippen LogP contribution in [0.3, 0.4) is 0 Å². The van der Waals surface area contributed by atoms with Gasteiger partial charge in [0.1, 0.15) is 11.9 Å². The highest BCUT2D eigenvalue weighted by molar-refractivity contribution is 5.99. The Morgan fingerprint density at radius 1 is 1.34 bits per heavy atom. The smallest absolute Gasteiger partial charge is 0.319 e. The molecule has 3 atom stereocenters. The molecular weight excluding hydrogens is 372 g/mol. The van der Waals surface area contributed by atoms with Crippen molar-refractivity contribution in [2.45, 2.75) is 45.9 Å². The van der Waals surface area contributed by atoms with E-state index in [0.717, 1.165) is 0 Å². The molecule has 1 aliphatic heterocycles. The van der Waals surface area contributed by atoms with Gasteiger partial charge in [-0.3, -0.25) is 4.79 Å². The monoisotopic (exact) mass is 406 g/mol. The quantitative estimate of drug-likeness (QED) is 0.672. The van der Waals surface area contributed by atoms with Crippen molar-refractivity contribution >= 4 is 17.6 Å². The summed E-state index contributed by atoms with van der Waals surface area (Å²) >= 11 is 0. The molecule has 3 N–H and O–H groups in total. The van der Waals surface area contributed by atoms with E-state index in [9.17, 15) is 14.7 Å². The zero-order chi connectivity index (χ0) is 21.7. The average molecular weight is 407 g/mol. The molecule has 162 valence electrons. The summed E-state index contributed by atoms with van der Waals surface area (Å²) in [6.07, 6.45) is -0.117. The van der Waals surface area contributed by atoms with E-state index in [2.05, 4.69) is 22.5 Å². The summed E-state index contributed by atoms with van der Waals surface area (Å²) in [4.78, 5) is 29.1. The molecule has 0 saturated carbocycles. The second-order valence-corrected chi connectivity index (χ2v) is 8.35. The van der Waals surface area contributed by atoms with Gasteiger partial charge in [-0.1, -0.05) is 6.92 Å². The molecule has 1 aliphatic rings. The van der Waals surface area contributed by atoms with Crippen molar-refractivity contribution in [3.8, 4) is 5.75 Å². The first-order valence-electron chi connectivity index (χ1n) is 10.1. The van der Waals surface area contributed by atoms with Gasteiger partial charge in [0.05, 0.1) is 18.2 Å². The first kappa shape index (κ1) is 23.0. The van der Waals surface area contributed by atoms with Gasteiger partial charge in [-0.05, 0) is 53.1 Å². The van der Waals surface area contributed by atoms with Gasteiger partial charge in [-0.2, -0.15) is 0 Å². The van der Waals surface area contributed by atoms with Crippen LogP contribution in [0.15, 0.2) is 18.2 Å². The lowest BCUT2D eigenvalue weighted by molar-refractivity contribution is 0.0363. The van der Waals surface area contributed by atoms with E-state index < -0.39 is 0 Å². The van der Waals surface area contributed by atoms with Crippen LogP contribution in [0.25, 0.3) is 0 Å². The molecule has 0 fully saturated rings. The number of fused-ring (bicyclic) bond motifs is 1. The maximum atomic E-state index is 13.3. The number of hydrogen-bond acceptors (Lipinski definition) is 5. The number of carbonyl (C=O) groups excluding carboxylic acids is 2. The fourth-order valence-electron chi connectivity index (χ4n) is 3.31. The highest BCUT2D eigenvalue weighted by Crippen LogP contribution is 2.30. The number of nitrogens with one attached hydrogen (secondary N) is 2. The lowest BCUT2D eigenvalue weighted by Gasteiger charge is -2.37. The third-order valence-corrected chi connectivity index (χ3v) is 4.89. The summed E-state index contributed by atoms with van der Waals surface area (Å²) in [7, 11) is 3.96. The van der Waals surface area contributed by atoms with Crippen molar-refractivity contribution in [1.29, 1.82) is 0 Å². The standard InChI is InChI=1S/C21H34N4O4/c1-13(2)22-21(28)23-16-7-8-18-17(9-16)20(27)25(15(4)12-26)10-14(3)19(29-18)11-24(5)6/h7-9,13-15,19,26H,10-12H2,1-6H3,(H2,22,23,28)/t14-,15-,19-/m0/s1. The van der Waals surface area contributed by atoms with Gasteiger partial charge >= 0.3 is 6.03 Å². The van der Waals surface area contributed by atoms with E-state index >= 15 is 0 Å². The number of aliphatic hydroxyl groups excluding tert-OH is 1. The molecule has 1 heterocycles. The number of nitrogens with zero attached hydrogens (tertiary/aromatic N) is 2. The van der Waals surface area contributed by atoms with Gasteiger partial charge < -0.3 is 30.3 Å². The Labute approximate surface area is 173 Å². The molecule has 2 rings (SSSR count). The average Bonchev–Trinajstić information content (AvgIpc) is 2.63. The van der Waals surface area contributed by atoms with Crippen molar-refractivity contribution in [3.63, 3.8) is 0 Å². The zero-order valence-corrected chi connectivity index (χ0v) is 18.2. The Kier molecular flexibility index (Phi) is 7.87. The van der Waals surface area contributed by atoms with E-state index in [4.69, 9.17) is 4.74 Å². The van der Waals surface area contributed by atoms with Crippen LogP contribution in [0.2, 0.25) is 0 Å². The lowest BCUT2D eigenvalue weighted by atomic mass is 9.99. The largest absolute Gasteiger partial charge is 0.488 e. The second-order valence-electron chi connectivity index (χ2n) is 8.35. The second kappa shape index (κ2) is 9.93. The van der Waals surface area contributed by atoms with Gasteiger partial charge in [-0.15, -0.1) is 0 Å². The normalized spacial score (nSPS) is 20.6. The number of likely N-dealkylation sites (N-methyl/N-ethyl adjacent to an activating group) is 1. The third-order valence-electron chi connectivity index (χ3n) is 4.89. The number of ether oxygens (including phenoxy) is 1. The van der Waals surface area contributed by atoms with Crippen LogP contribution < -0.4 is 15.4 Å². The SMILES string of the molecule is CC(C)NC(=O)Nc1ccc2c(c1)C(=O)N([C@@H](C)CO)C[C@H](C)[C@H](CN(C)C)O2. The van der Waals surface area contributed by atoms with Crippen molar-refractivity contribution in [2.75, 3.05) is 39.1 Å². The van der Waals surface area contributed by atoms with Gasteiger partial charge in [0.15, 0.2) is 0 Å². The first-order chi connectivity index (χ1) is 13.6. The summed E-state index contributed by atoms with van der Waals surface area (Å²) in [6.45, 7) is 8.68. The number of benzene rings is 1. The molecule has 0 bridgehead atoms. The molecule has 0 radical (unpaired) electrons. The summed E-state index contributed by atoms with van der Waals surface area (Å²) in [6, 6.07) is 4.43. The highest BCUT2D eigenvalue weighted by Gasteiger charge is 2.33. The van der Waals surface area contributed by atoms with Gasteiger partial charge in [0.2, 0.25) is 0 Å². The molecule has 8 nitrogen and oxygen atoms in total. The van der Waals surface area contributed by atoms with Crippen LogP contribution >= 0.6 is 0 Å². The van der Waals surface area contributed by atoms with Gasteiger partial charge in [-0.25, -0.2) is 4.79 Å². The Morgan fingerprint density at radius 2 is 2.03 bits per heavy atom. The zero-order valence-electron chi connectivity index (χ0n) is 18.2. The minimum atomic E-state index is -0.334. The van der Waals surface area contributed by atoms with Crippen LogP contribution in [0.1, 0.15) is 38.1 Å². The van der Waals surface area contributed by atoms with Crippen molar-refractivity contribution in [2.24, 2.45) is 5.92 Å². The number of amides is 3.